The van der Waals surface area contributed by atoms with Crippen molar-refractivity contribution in [2.45, 2.75) is 44.6 Å². The normalized spacial score (nSPS) is 19.6. The number of hydrogen-bond donors (Lipinski definition) is 1. The van der Waals surface area contributed by atoms with Crippen LogP contribution in [0.4, 0.5) is 11.4 Å². The van der Waals surface area contributed by atoms with Gasteiger partial charge < -0.3 is 15.4 Å². The van der Waals surface area contributed by atoms with Gasteiger partial charge >= 0.3 is 0 Å². The van der Waals surface area contributed by atoms with E-state index in [9.17, 15) is 4.79 Å². The molecule has 1 saturated carbocycles. The highest BCUT2D eigenvalue weighted by atomic mass is 16.5. The van der Waals surface area contributed by atoms with Crippen LogP contribution in [0.5, 0.6) is 0 Å². The van der Waals surface area contributed by atoms with E-state index in [0.717, 1.165) is 49.2 Å². The molecule has 108 valence electrons. The van der Waals surface area contributed by atoms with E-state index < -0.39 is 0 Å². The molecular formula is C16H22N2O2. The minimum absolute atomic E-state index is 0.161. The minimum Gasteiger partial charge on any atom is -0.398 e. The Hall–Kier alpha value is -1.55. The van der Waals surface area contributed by atoms with Gasteiger partial charge in [0.1, 0.15) is 0 Å². The van der Waals surface area contributed by atoms with Crippen molar-refractivity contribution in [3.8, 4) is 0 Å². The summed E-state index contributed by atoms with van der Waals surface area (Å²) in [5, 5.41) is 0. The maximum atomic E-state index is 12.6. The summed E-state index contributed by atoms with van der Waals surface area (Å²) in [5.74, 6) is 0.161. The first-order valence-electron chi connectivity index (χ1n) is 7.29. The van der Waals surface area contributed by atoms with Crippen molar-refractivity contribution in [3.05, 3.63) is 23.3 Å². The molecule has 2 N–H and O–H groups in total. The van der Waals surface area contributed by atoms with Crippen molar-refractivity contribution < 1.29 is 9.53 Å². The van der Waals surface area contributed by atoms with Crippen LogP contribution in [0.1, 0.15) is 36.8 Å². The second kappa shape index (κ2) is 4.77. The van der Waals surface area contributed by atoms with Crippen LogP contribution in [0.2, 0.25) is 0 Å². The average Bonchev–Trinajstić information content (AvgIpc) is 2.77. The monoisotopic (exact) mass is 274 g/mol. The number of anilines is 2. The number of ether oxygens (including phenoxy) is 1. The number of carbonyl (C=O) groups excluding carboxylic acids is 1. The summed E-state index contributed by atoms with van der Waals surface area (Å²) >= 11 is 0. The van der Waals surface area contributed by atoms with E-state index in [1.165, 1.54) is 5.56 Å². The second-order valence-corrected chi connectivity index (χ2v) is 6.05. The highest BCUT2D eigenvalue weighted by Crippen LogP contribution is 2.40. The first-order valence-corrected chi connectivity index (χ1v) is 7.29. The third-order valence-corrected chi connectivity index (χ3v) is 4.84. The second-order valence-electron chi connectivity index (χ2n) is 6.05. The number of nitrogens with zero attached hydrogens (tertiary/aromatic N) is 1. The van der Waals surface area contributed by atoms with E-state index in [0.29, 0.717) is 6.42 Å². The fourth-order valence-electron chi connectivity index (χ4n) is 3.23. The predicted molar refractivity (Wildman–Crippen MR) is 79.9 cm³/mol. The summed E-state index contributed by atoms with van der Waals surface area (Å²) in [6, 6.07) is 4.04. The Morgan fingerprint density at radius 3 is 2.80 bits per heavy atom. The summed E-state index contributed by atoms with van der Waals surface area (Å²) in [4.78, 5) is 14.5. The van der Waals surface area contributed by atoms with E-state index in [4.69, 9.17) is 10.5 Å². The summed E-state index contributed by atoms with van der Waals surface area (Å²) in [6.45, 7) is 2.77. The number of carbonyl (C=O) groups is 1. The Morgan fingerprint density at radius 1 is 1.45 bits per heavy atom. The molecule has 0 aromatic heterocycles. The van der Waals surface area contributed by atoms with Gasteiger partial charge in [0.2, 0.25) is 5.91 Å². The molecule has 3 rings (SSSR count). The number of aryl methyl sites for hydroxylation is 1. The fourth-order valence-corrected chi connectivity index (χ4v) is 3.23. The summed E-state index contributed by atoms with van der Waals surface area (Å²) in [6.07, 6.45) is 4.54. The van der Waals surface area contributed by atoms with E-state index in [2.05, 4.69) is 6.07 Å². The van der Waals surface area contributed by atoms with Crippen molar-refractivity contribution >= 4 is 17.3 Å². The third kappa shape index (κ3) is 2.08. The van der Waals surface area contributed by atoms with Gasteiger partial charge in [0.25, 0.3) is 0 Å². The number of rotatable bonds is 3. The average molecular weight is 274 g/mol. The number of benzene rings is 1. The molecule has 0 saturated heterocycles. The Labute approximate surface area is 119 Å². The Balaban J connectivity index is 1.80. The Bertz CT molecular complexity index is 544. The lowest BCUT2D eigenvalue weighted by Gasteiger charge is -2.40. The molecule has 4 nitrogen and oxygen atoms in total. The van der Waals surface area contributed by atoms with Gasteiger partial charge in [-0.2, -0.15) is 0 Å². The van der Waals surface area contributed by atoms with E-state index in [1.54, 1.807) is 7.11 Å². The molecule has 1 aliphatic carbocycles. The van der Waals surface area contributed by atoms with Gasteiger partial charge in [0.15, 0.2) is 0 Å². The largest absolute Gasteiger partial charge is 0.398 e. The maximum absolute atomic E-state index is 12.6. The van der Waals surface area contributed by atoms with Crippen molar-refractivity contribution in [1.29, 1.82) is 0 Å². The van der Waals surface area contributed by atoms with E-state index in [-0.39, 0.29) is 11.5 Å². The van der Waals surface area contributed by atoms with Gasteiger partial charge in [0, 0.05) is 25.0 Å². The van der Waals surface area contributed by atoms with Crippen LogP contribution in [0.15, 0.2) is 12.1 Å². The summed E-state index contributed by atoms with van der Waals surface area (Å²) in [7, 11) is 1.71. The summed E-state index contributed by atoms with van der Waals surface area (Å²) < 4.78 is 5.56. The highest BCUT2D eigenvalue weighted by Gasteiger charge is 2.41. The van der Waals surface area contributed by atoms with Gasteiger partial charge in [-0.3, -0.25) is 4.79 Å². The molecule has 0 radical (unpaired) electrons. The molecule has 1 aromatic rings. The molecule has 0 unspecified atom stereocenters. The molecule has 0 atom stereocenters. The zero-order chi connectivity index (χ0) is 14.3. The van der Waals surface area contributed by atoms with Crippen molar-refractivity contribution in [3.63, 3.8) is 0 Å². The van der Waals surface area contributed by atoms with Gasteiger partial charge in [-0.15, -0.1) is 0 Å². The lowest BCUT2D eigenvalue weighted by atomic mass is 9.77. The Kier molecular flexibility index (Phi) is 3.21. The lowest BCUT2D eigenvalue weighted by molar-refractivity contribution is -0.131. The molecule has 1 aromatic carbocycles. The van der Waals surface area contributed by atoms with E-state index in [1.807, 2.05) is 17.9 Å². The zero-order valence-corrected chi connectivity index (χ0v) is 12.2. The van der Waals surface area contributed by atoms with Crippen LogP contribution < -0.4 is 10.6 Å². The van der Waals surface area contributed by atoms with Crippen LogP contribution >= 0.6 is 0 Å². The molecule has 0 bridgehead atoms. The molecule has 0 spiro atoms. The number of nitrogens with two attached hydrogens (primary N) is 1. The fraction of sp³-hybridized carbons (Fsp3) is 0.562. The molecule has 1 amide bonds. The van der Waals surface area contributed by atoms with Gasteiger partial charge in [-0.05, 0) is 49.8 Å². The van der Waals surface area contributed by atoms with Crippen LogP contribution in [-0.2, 0) is 16.0 Å². The first-order chi connectivity index (χ1) is 9.54. The van der Waals surface area contributed by atoms with E-state index >= 15 is 0 Å². The third-order valence-electron chi connectivity index (χ3n) is 4.84. The number of nitrogen functional groups attached to an aromatic ring is 1. The molecule has 1 heterocycles. The van der Waals surface area contributed by atoms with Gasteiger partial charge in [0.05, 0.1) is 12.0 Å². The quantitative estimate of drug-likeness (QED) is 0.861. The van der Waals surface area contributed by atoms with Crippen LogP contribution in [0.3, 0.4) is 0 Å². The standard InChI is InChI=1S/C16H22N2O2/c1-11-8-12-4-7-18(14(12)9-13(11)17)15(19)10-16(20-2)5-3-6-16/h8-9H,3-7,10,17H2,1-2H3. The number of hydrogen-bond acceptors (Lipinski definition) is 3. The number of methoxy groups -OCH3 is 1. The maximum Gasteiger partial charge on any atom is 0.229 e. The smallest absolute Gasteiger partial charge is 0.229 e. The lowest BCUT2D eigenvalue weighted by Crippen LogP contribution is -2.45. The molecule has 20 heavy (non-hydrogen) atoms. The summed E-state index contributed by atoms with van der Waals surface area (Å²) in [5.41, 5.74) is 9.83. The molecule has 2 aliphatic rings. The topological polar surface area (TPSA) is 55.6 Å². The molecule has 1 fully saturated rings. The van der Waals surface area contributed by atoms with Crippen LogP contribution in [0, 0.1) is 6.92 Å². The zero-order valence-electron chi connectivity index (χ0n) is 12.2. The highest BCUT2D eigenvalue weighted by molar-refractivity contribution is 5.96. The van der Waals surface area contributed by atoms with Crippen molar-refractivity contribution in [2.24, 2.45) is 0 Å². The van der Waals surface area contributed by atoms with Gasteiger partial charge in [-0.1, -0.05) is 6.07 Å². The van der Waals surface area contributed by atoms with Gasteiger partial charge in [-0.25, -0.2) is 0 Å². The molecule has 4 heteroatoms. The molecular weight excluding hydrogens is 252 g/mol. The van der Waals surface area contributed by atoms with Crippen molar-refractivity contribution in [1.82, 2.24) is 0 Å². The Morgan fingerprint density at radius 2 is 2.20 bits per heavy atom. The molecule has 1 aliphatic heterocycles. The number of amides is 1. The number of fused-ring (bicyclic) bond motifs is 1. The van der Waals surface area contributed by atoms with Crippen molar-refractivity contribution in [2.75, 3.05) is 24.3 Å². The van der Waals surface area contributed by atoms with Crippen LogP contribution in [0.25, 0.3) is 0 Å². The predicted octanol–water partition coefficient (Wildman–Crippen LogP) is 2.43. The SMILES string of the molecule is COC1(CC(=O)N2CCc3cc(C)c(N)cc32)CCC1. The first kappa shape index (κ1) is 13.4. The minimum atomic E-state index is -0.212. The van der Waals surface area contributed by atoms with Crippen LogP contribution in [-0.4, -0.2) is 25.2 Å².